The van der Waals surface area contributed by atoms with Crippen LogP contribution in [-0.4, -0.2) is 48.3 Å². The van der Waals surface area contributed by atoms with Crippen LogP contribution in [0.15, 0.2) is 0 Å². The fourth-order valence-electron chi connectivity index (χ4n) is 3.48. The average Bonchev–Trinajstić information content (AvgIpc) is 3.23. The Morgan fingerprint density at radius 3 is 2.58 bits per heavy atom. The number of carbonyl (C=O) groups is 1. The van der Waals surface area contributed by atoms with E-state index in [9.17, 15) is 9.90 Å². The molecule has 0 aromatic heterocycles. The maximum atomic E-state index is 11.5. The molecule has 0 spiro atoms. The second-order valence-corrected chi connectivity index (χ2v) is 6.06. The number of nitrogens with zero attached hydrogens (tertiary/aromatic N) is 1. The molecule has 4 heteroatoms. The average molecular weight is 269 g/mol. The number of hydrogen-bond donors (Lipinski definition) is 1. The molecule has 0 radical (unpaired) electrons. The van der Waals surface area contributed by atoms with Crippen molar-refractivity contribution in [3.63, 3.8) is 0 Å². The highest BCUT2D eigenvalue weighted by atomic mass is 16.5. The quantitative estimate of drug-likeness (QED) is 0.771. The van der Waals surface area contributed by atoms with E-state index < -0.39 is 5.97 Å². The lowest BCUT2D eigenvalue weighted by Crippen LogP contribution is -2.49. The highest BCUT2D eigenvalue weighted by molar-refractivity contribution is 5.71. The molecule has 2 saturated carbocycles. The first-order chi connectivity index (χ1) is 9.17. The Morgan fingerprint density at radius 2 is 2.05 bits per heavy atom. The minimum atomic E-state index is -0.609. The van der Waals surface area contributed by atoms with Gasteiger partial charge in [0.25, 0.3) is 0 Å². The summed E-state index contributed by atoms with van der Waals surface area (Å²) in [5, 5.41) is 9.49. The number of carboxylic acid groups (broad SMARTS) is 1. The van der Waals surface area contributed by atoms with Gasteiger partial charge in [0.15, 0.2) is 0 Å². The Morgan fingerprint density at radius 1 is 1.32 bits per heavy atom. The summed E-state index contributed by atoms with van der Waals surface area (Å²) in [5.41, 5.74) is 0. The molecule has 19 heavy (non-hydrogen) atoms. The van der Waals surface area contributed by atoms with E-state index in [-0.39, 0.29) is 12.0 Å². The fraction of sp³-hybridized carbons (Fsp3) is 0.933. The third-order valence-corrected chi connectivity index (χ3v) is 4.82. The first kappa shape index (κ1) is 14.8. The topological polar surface area (TPSA) is 49.8 Å². The number of aliphatic carboxylic acids is 1. The second kappa shape index (κ2) is 6.71. The standard InChI is InChI=1S/C15H27NO3/c1-3-11-4-7-13(15(17)18)14(10-11)16(8-9-19-2)12-5-6-12/h11-14H,3-10H2,1-2H3,(H,17,18). The van der Waals surface area contributed by atoms with E-state index >= 15 is 0 Å². The number of methoxy groups -OCH3 is 1. The number of ether oxygens (including phenoxy) is 1. The van der Waals surface area contributed by atoms with Crippen LogP contribution in [-0.2, 0) is 9.53 Å². The Balaban J connectivity index is 2.06. The van der Waals surface area contributed by atoms with Gasteiger partial charge in [0.1, 0.15) is 0 Å². The summed E-state index contributed by atoms with van der Waals surface area (Å²) < 4.78 is 5.20. The van der Waals surface area contributed by atoms with Crippen molar-refractivity contribution in [2.75, 3.05) is 20.3 Å². The van der Waals surface area contributed by atoms with Crippen LogP contribution < -0.4 is 0 Å². The van der Waals surface area contributed by atoms with Crippen molar-refractivity contribution in [2.24, 2.45) is 11.8 Å². The third-order valence-electron chi connectivity index (χ3n) is 4.82. The zero-order chi connectivity index (χ0) is 13.8. The fourth-order valence-corrected chi connectivity index (χ4v) is 3.48. The summed E-state index contributed by atoms with van der Waals surface area (Å²) in [6.07, 6.45) is 6.59. The van der Waals surface area contributed by atoms with Crippen LogP contribution >= 0.6 is 0 Å². The Hall–Kier alpha value is -0.610. The van der Waals surface area contributed by atoms with E-state index in [0.717, 1.165) is 25.8 Å². The molecule has 0 aromatic carbocycles. The van der Waals surface area contributed by atoms with Crippen LogP contribution in [0.5, 0.6) is 0 Å². The van der Waals surface area contributed by atoms with Crippen LogP contribution in [0.3, 0.4) is 0 Å². The van der Waals surface area contributed by atoms with E-state index in [4.69, 9.17) is 4.74 Å². The molecule has 0 heterocycles. The van der Waals surface area contributed by atoms with Crippen LogP contribution in [0.25, 0.3) is 0 Å². The van der Waals surface area contributed by atoms with Crippen molar-refractivity contribution in [1.82, 2.24) is 4.90 Å². The molecule has 0 aromatic rings. The molecule has 0 aliphatic heterocycles. The first-order valence-electron chi connectivity index (χ1n) is 7.64. The lowest BCUT2D eigenvalue weighted by Gasteiger charge is -2.41. The van der Waals surface area contributed by atoms with Gasteiger partial charge in [-0.05, 0) is 38.0 Å². The van der Waals surface area contributed by atoms with Crippen molar-refractivity contribution >= 4 is 5.97 Å². The highest BCUT2D eigenvalue weighted by Gasteiger charge is 2.42. The molecular formula is C15H27NO3. The van der Waals surface area contributed by atoms with Crippen LogP contribution in [0, 0.1) is 11.8 Å². The summed E-state index contributed by atoms with van der Waals surface area (Å²) in [4.78, 5) is 14.0. The van der Waals surface area contributed by atoms with Gasteiger partial charge in [-0.3, -0.25) is 9.69 Å². The van der Waals surface area contributed by atoms with Crippen molar-refractivity contribution < 1.29 is 14.6 Å². The largest absolute Gasteiger partial charge is 0.481 e. The van der Waals surface area contributed by atoms with Crippen molar-refractivity contribution in [2.45, 2.75) is 57.5 Å². The molecule has 1 N–H and O–H groups in total. The molecule has 2 aliphatic carbocycles. The van der Waals surface area contributed by atoms with Crippen LogP contribution in [0.1, 0.15) is 45.4 Å². The van der Waals surface area contributed by atoms with Crippen molar-refractivity contribution in [3.8, 4) is 0 Å². The summed E-state index contributed by atoms with van der Waals surface area (Å²) >= 11 is 0. The Labute approximate surface area is 116 Å². The van der Waals surface area contributed by atoms with Gasteiger partial charge >= 0.3 is 5.97 Å². The number of carboxylic acids is 1. The Bertz CT molecular complexity index is 304. The van der Waals surface area contributed by atoms with Gasteiger partial charge in [-0.2, -0.15) is 0 Å². The minimum absolute atomic E-state index is 0.180. The summed E-state index contributed by atoms with van der Waals surface area (Å²) in [6, 6.07) is 0.830. The molecule has 2 aliphatic rings. The molecule has 0 bridgehead atoms. The Kier molecular flexibility index (Phi) is 5.22. The maximum absolute atomic E-state index is 11.5. The summed E-state index contributed by atoms with van der Waals surface area (Å²) in [6.45, 7) is 3.81. The van der Waals surface area contributed by atoms with Crippen LogP contribution in [0.4, 0.5) is 0 Å². The maximum Gasteiger partial charge on any atom is 0.308 e. The zero-order valence-corrected chi connectivity index (χ0v) is 12.2. The number of rotatable bonds is 7. The van der Waals surface area contributed by atoms with Gasteiger partial charge in [-0.25, -0.2) is 0 Å². The molecule has 110 valence electrons. The minimum Gasteiger partial charge on any atom is -0.481 e. The van der Waals surface area contributed by atoms with Crippen molar-refractivity contribution in [3.05, 3.63) is 0 Å². The molecule has 3 atom stereocenters. The van der Waals surface area contributed by atoms with Crippen LogP contribution in [0.2, 0.25) is 0 Å². The molecule has 3 unspecified atom stereocenters. The first-order valence-corrected chi connectivity index (χ1v) is 7.64. The van der Waals surface area contributed by atoms with Gasteiger partial charge < -0.3 is 9.84 Å². The monoisotopic (exact) mass is 269 g/mol. The molecule has 2 fully saturated rings. The smallest absolute Gasteiger partial charge is 0.308 e. The lowest BCUT2D eigenvalue weighted by atomic mass is 9.76. The highest BCUT2D eigenvalue weighted by Crippen LogP contribution is 2.39. The number of hydrogen-bond acceptors (Lipinski definition) is 3. The van der Waals surface area contributed by atoms with E-state index in [1.807, 2.05) is 0 Å². The van der Waals surface area contributed by atoms with E-state index in [1.165, 1.54) is 19.3 Å². The summed E-state index contributed by atoms with van der Waals surface area (Å²) in [5.74, 6) is -0.0905. The SMILES string of the molecule is CCC1CCC(C(=O)O)C(N(CCOC)C2CC2)C1. The summed E-state index contributed by atoms with van der Waals surface area (Å²) in [7, 11) is 1.72. The van der Waals surface area contributed by atoms with E-state index in [1.54, 1.807) is 7.11 Å². The van der Waals surface area contributed by atoms with E-state index in [2.05, 4.69) is 11.8 Å². The molecule has 0 saturated heterocycles. The van der Waals surface area contributed by atoms with Gasteiger partial charge in [0, 0.05) is 25.7 Å². The van der Waals surface area contributed by atoms with Crippen molar-refractivity contribution in [1.29, 1.82) is 0 Å². The molecule has 2 rings (SSSR count). The van der Waals surface area contributed by atoms with Gasteiger partial charge in [0.05, 0.1) is 12.5 Å². The van der Waals surface area contributed by atoms with E-state index in [0.29, 0.717) is 18.6 Å². The predicted molar refractivity (Wildman–Crippen MR) is 74.1 cm³/mol. The third kappa shape index (κ3) is 3.69. The van der Waals surface area contributed by atoms with Gasteiger partial charge in [-0.15, -0.1) is 0 Å². The molecule has 4 nitrogen and oxygen atoms in total. The predicted octanol–water partition coefficient (Wildman–Crippen LogP) is 2.38. The second-order valence-electron chi connectivity index (χ2n) is 6.06. The molecular weight excluding hydrogens is 242 g/mol. The van der Waals surface area contributed by atoms with Gasteiger partial charge in [0.2, 0.25) is 0 Å². The normalized spacial score (nSPS) is 31.6. The lowest BCUT2D eigenvalue weighted by molar-refractivity contribution is -0.146. The van der Waals surface area contributed by atoms with Gasteiger partial charge in [-0.1, -0.05) is 13.3 Å². The zero-order valence-electron chi connectivity index (χ0n) is 12.2. The molecule has 0 amide bonds.